The predicted octanol–water partition coefficient (Wildman–Crippen LogP) is 4.11. The molecule has 0 rings (SSSR count). The van der Waals surface area contributed by atoms with Gasteiger partial charge in [0.15, 0.2) is 0 Å². The van der Waals surface area contributed by atoms with Gasteiger partial charge in [-0.15, -0.1) is 0 Å². The van der Waals surface area contributed by atoms with E-state index in [1.165, 1.54) is 13.1 Å². The first kappa shape index (κ1) is 20.2. The Morgan fingerprint density at radius 3 is 1.11 bits per heavy atom. The summed E-state index contributed by atoms with van der Waals surface area (Å²) in [6, 6.07) is 0. The van der Waals surface area contributed by atoms with Crippen LogP contribution in [0.3, 0.4) is 0 Å². The van der Waals surface area contributed by atoms with E-state index in [-0.39, 0.29) is 0 Å². The first-order chi connectivity index (χ1) is 8.34. The van der Waals surface area contributed by atoms with Gasteiger partial charge in [-0.1, -0.05) is 0 Å². The second-order valence-corrected chi connectivity index (χ2v) is 24.4. The van der Waals surface area contributed by atoms with Crippen LogP contribution in [0.5, 0.6) is 0 Å². The van der Waals surface area contributed by atoms with Crippen molar-refractivity contribution in [3.63, 3.8) is 0 Å². The molecule has 0 spiro atoms. The second kappa shape index (κ2) is 7.96. The molecular weight excluding hydrogens is 371 g/mol. The van der Waals surface area contributed by atoms with Gasteiger partial charge in [0, 0.05) is 0 Å². The summed E-state index contributed by atoms with van der Waals surface area (Å²) in [5, 5.41) is 0. The Morgan fingerprint density at radius 1 is 0.684 bits per heavy atom. The molecule has 0 aliphatic carbocycles. The van der Waals surface area contributed by atoms with Crippen LogP contribution in [0.15, 0.2) is 0 Å². The van der Waals surface area contributed by atoms with Gasteiger partial charge in [-0.05, 0) is 0 Å². The molecule has 0 heterocycles. The Bertz CT molecular complexity index is 231. The van der Waals surface area contributed by atoms with Crippen LogP contribution in [0.25, 0.3) is 0 Å². The summed E-state index contributed by atoms with van der Waals surface area (Å²) in [4.78, 5) is 0. The maximum absolute atomic E-state index is 2.96. The van der Waals surface area contributed by atoms with Crippen molar-refractivity contribution in [3.05, 3.63) is 0 Å². The van der Waals surface area contributed by atoms with E-state index in [9.17, 15) is 0 Å². The predicted molar refractivity (Wildman–Crippen MR) is 95.5 cm³/mol. The van der Waals surface area contributed by atoms with E-state index >= 15 is 0 Å². The van der Waals surface area contributed by atoms with Gasteiger partial charge in [0.2, 0.25) is 0 Å². The normalized spacial score (nSPS) is 14.2. The van der Waals surface area contributed by atoms with Crippen LogP contribution < -0.4 is 0 Å². The third kappa shape index (κ3) is 8.91. The molecule has 2 nitrogen and oxygen atoms in total. The molecule has 0 fully saturated rings. The molecule has 0 aliphatic rings. The standard InChI is InChI=1S/2C7H18NSi.Sn/c2*1-7(2)6-8-9(3,4)5;/h2*7H,6H2,1-5H3;/q2*-1;+2. The van der Waals surface area contributed by atoms with Crippen molar-refractivity contribution in [3.8, 4) is 0 Å². The molecule has 0 saturated heterocycles. The van der Waals surface area contributed by atoms with Crippen molar-refractivity contribution in [1.29, 1.82) is 0 Å². The van der Waals surface area contributed by atoms with Crippen LogP contribution in [-0.4, -0.2) is 56.8 Å². The molecule has 0 N–H and O–H groups in total. The van der Waals surface area contributed by atoms with E-state index in [4.69, 9.17) is 0 Å². The number of hydrogen-bond acceptors (Lipinski definition) is 2. The van der Waals surface area contributed by atoms with Gasteiger partial charge in [-0.25, -0.2) is 0 Å². The molecule has 0 unspecified atom stereocenters. The summed E-state index contributed by atoms with van der Waals surface area (Å²) < 4.78 is 5.92. The van der Waals surface area contributed by atoms with Gasteiger partial charge >= 0.3 is 136 Å². The van der Waals surface area contributed by atoms with E-state index in [2.05, 4.69) is 72.6 Å². The summed E-state index contributed by atoms with van der Waals surface area (Å²) in [7, 11) is -2.31. The SMILES string of the molecule is CC(C)C[N]([Sn][N](CC(C)C)[Si](C)(C)C)[Si](C)(C)C. The first-order valence-electron chi connectivity index (χ1n) is 7.65. The van der Waals surface area contributed by atoms with Gasteiger partial charge in [-0.3, -0.25) is 0 Å². The average molecular weight is 407 g/mol. The first-order valence-corrected chi connectivity index (χ1v) is 17.1. The van der Waals surface area contributed by atoms with Crippen molar-refractivity contribution in [2.75, 3.05) is 13.1 Å². The molecule has 0 aliphatic heterocycles. The van der Waals surface area contributed by atoms with Crippen molar-refractivity contribution in [1.82, 2.24) is 5.57 Å². The van der Waals surface area contributed by atoms with Crippen LogP contribution in [0.2, 0.25) is 39.3 Å². The third-order valence-electron chi connectivity index (χ3n) is 2.96. The Morgan fingerprint density at radius 2 is 0.947 bits per heavy atom. The van der Waals surface area contributed by atoms with Gasteiger partial charge in [0.25, 0.3) is 0 Å². The summed E-state index contributed by atoms with van der Waals surface area (Å²) in [5.41, 5.74) is 0. The maximum atomic E-state index is 2.96. The van der Waals surface area contributed by atoms with E-state index in [0.29, 0.717) is 0 Å². The van der Waals surface area contributed by atoms with Gasteiger partial charge in [0.05, 0.1) is 0 Å². The zero-order valence-corrected chi connectivity index (χ0v) is 19.8. The quantitative estimate of drug-likeness (QED) is 0.559. The molecule has 0 atom stereocenters. The molecule has 0 bridgehead atoms. The van der Waals surface area contributed by atoms with Crippen LogP contribution in [0.1, 0.15) is 27.7 Å². The van der Waals surface area contributed by atoms with Crippen molar-refractivity contribution >= 4 is 38.2 Å². The summed E-state index contributed by atoms with van der Waals surface area (Å²) in [5.74, 6) is 1.60. The molecule has 0 amide bonds. The van der Waals surface area contributed by atoms with E-state index in [1.807, 2.05) is 0 Å². The van der Waals surface area contributed by atoms with Gasteiger partial charge in [-0.2, -0.15) is 0 Å². The molecule has 114 valence electrons. The van der Waals surface area contributed by atoms with Crippen LogP contribution >= 0.6 is 0 Å². The zero-order valence-electron chi connectivity index (χ0n) is 15.0. The Balaban J connectivity index is 4.93. The summed E-state index contributed by atoms with van der Waals surface area (Å²) >= 11 is -0.589. The fraction of sp³-hybridized carbons (Fsp3) is 1.00. The summed E-state index contributed by atoms with van der Waals surface area (Å²) in [6.07, 6.45) is 0. The Labute approximate surface area is 135 Å². The zero-order chi connectivity index (χ0) is 15.4. The monoisotopic (exact) mass is 408 g/mol. The van der Waals surface area contributed by atoms with Gasteiger partial charge in [0.1, 0.15) is 0 Å². The van der Waals surface area contributed by atoms with E-state index < -0.39 is 38.2 Å². The molecule has 0 aromatic carbocycles. The molecule has 2 radical (unpaired) electrons. The Kier molecular flexibility index (Phi) is 8.45. The number of hydrogen-bond donors (Lipinski definition) is 0. The second-order valence-electron chi connectivity index (χ2n) is 8.45. The molecular formula is C14H36N2Si2Sn. The van der Waals surface area contributed by atoms with Crippen molar-refractivity contribution < 1.29 is 0 Å². The minimum atomic E-state index is -1.15. The molecule has 0 saturated carbocycles. The summed E-state index contributed by atoms with van der Waals surface area (Å²) in [6.45, 7) is 27.2. The molecule has 0 aromatic rings. The van der Waals surface area contributed by atoms with Crippen LogP contribution in [-0.2, 0) is 0 Å². The van der Waals surface area contributed by atoms with Crippen molar-refractivity contribution in [2.24, 2.45) is 11.8 Å². The van der Waals surface area contributed by atoms with Crippen LogP contribution in [0, 0.1) is 11.8 Å². The number of nitrogens with zero attached hydrogens (tertiary/aromatic N) is 2. The average Bonchev–Trinajstić information content (AvgIpc) is 2.10. The molecule has 19 heavy (non-hydrogen) atoms. The van der Waals surface area contributed by atoms with E-state index in [0.717, 1.165) is 11.8 Å². The van der Waals surface area contributed by atoms with E-state index in [1.54, 1.807) is 0 Å². The molecule has 5 heteroatoms. The van der Waals surface area contributed by atoms with Crippen molar-refractivity contribution in [2.45, 2.75) is 67.0 Å². The fourth-order valence-corrected chi connectivity index (χ4v) is 15.0. The third-order valence-corrected chi connectivity index (χ3v) is 21.8. The van der Waals surface area contributed by atoms with Crippen LogP contribution in [0.4, 0.5) is 0 Å². The Hall–Kier alpha value is 1.15. The minimum absolute atomic E-state index is 0.589. The number of rotatable bonds is 8. The fourth-order valence-electron chi connectivity index (χ4n) is 1.81. The molecule has 0 aromatic heterocycles. The topological polar surface area (TPSA) is 6.48 Å². The van der Waals surface area contributed by atoms with Gasteiger partial charge < -0.3 is 0 Å².